The molecule has 5 heteroatoms. The van der Waals surface area contributed by atoms with Gasteiger partial charge in [0, 0.05) is 6.54 Å². The summed E-state index contributed by atoms with van der Waals surface area (Å²) >= 11 is 1.64. The van der Waals surface area contributed by atoms with E-state index in [1.807, 2.05) is 17.5 Å². The topological polar surface area (TPSA) is 49.5 Å². The highest BCUT2D eigenvalue weighted by molar-refractivity contribution is 7.13. The molecule has 4 nitrogen and oxygen atoms in total. The highest BCUT2D eigenvalue weighted by atomic mass is 32.1. The Morgan fingerprint density at radius 3 is 3.00 bits per heavy atom. The van der Waals surface area contributed by atoms with Crippen LogP contribution in [0, 0.1) is 0 Å². The van der Waals surface area contributed by atoms with Crippen LogP contribution in [0.25, 0.3) is 10.6 Å². The van der Waals surface area contributed by atoms with Crippen molar-refractivity contribution >= 4 is 11.3 Å². The van der Waals surface area contributed by atoms with Crippen molar-refractivity contribution in [1.82, 2.24) is 9.88 Å². The highest BCUT2D eigenvalue weighted by Crippen LogP contribution is 2.25. The van der Waals surface area contributed by atoms with Crippen molar-refractivity contribution < 1.29 is 9.52 Å². The van der Waals surface area contributed by atoms with Gasteiger partial charge in [-0.3, -0.25) is 4.90 Å². The van der Waals surface area contributed by atoms with Gasteiger partial charge in [-0.15, -0.1) is 11.3 Å². The number of aliphatic hydroxyl groups is 1. The van der Waals surface area contributed by atoms with Crippen molar-refractivity contribution in [3.05, 3.63) is 29.6 Å². The first-order chi connectivity index (χ1) is 8.83. The van der Waals surface area contributed by atoms with Crippen LogP contribution in [-0.2, 0) is 6.54 Å². The average molecular weight is 266 g/mol. The first-order valence-corrected chi connectivity index (χ1v) is 7.03. The molecule has 2 aromatic heterocycles. The second-order valence-electron chi connectivity index (χ2n) is 4.10. The Balaban J connectivity index is 2.01. The SMILES string of the molecule is CCCN(CCO)Cc1ncc(-c2cccs2)o1. The van der Waals surface area contributed by atoms with E-state index in [2.05, 4.69) is 16.8 Å². The molecule has 1 N–H and O–H groups in total. The highest BCUT2D eigenvalue weighted by Gasteiger charge is 2.11. The standard InChI is InChI=1S/C13H18N2O2S/c1-2-5-15(6-7-16)10-13-14-9-11(17-13)12-4-3-8-18-12/h3-4,8-9,16H,2,5-7,10H2,1H3. The van der Waals surface area contributed by atoms with Gasteiger partial charge in [-0.1, -0.05) is 13.0 Å². The second-order valence-corrected chi connectivity index (χ2v) is 5.04. The van der Waals surface area contributed by atoms with Gasteiger partial charge in [0.2, 0.25) is 5.89 Å². The molecule has 2 rings (SSSR count). The third-order valence-electron chi connectivity index (χ3n) is 2.63. The Bertz CT molecular complexity index is 447. The molecule has 0 aliphatic carbocycles. The maximum atomic E-state index is 9.01. The maximum absolute atomic E-state index is 9.01. The fraction of sp³-hybridized carbons (Fsp3) is 0.462. The molecule has 0 fully saturated rings. The van der Waals surface area contributed by atoms with Gasteiger partial charge in [-0.05, 0) is 24.4 Å². The molecule has 98 valence electrons. The van der Waals surface area contributed by atoms with Gasteiger partial charge in [0.1, 0.15) is 0 Å². The normalized spacial score (nSPS) is 11.3. The Kier molecular flexibility index (Phi) is 4.92. The van der Waals surface area contributed by atoms with Crippen LogP contribution in [0.1, 0.15) is 19.2 Å². The fourth-order valence-electron chi connectivity index (χ4n) is 1.83. The van der Waals surface area contributed by atoms with E-state index >= 15 is 0 Å². The molecule has 0 aliphatic rings. The molecule has 0 atom stereocenters. The zero-order chi connectivity index (χ0) is 12.8. The van der Waals surface area contributed by atoms with E-state index in [0.717, 1.165) is 23.6 Å². The summed E-state index contributed by atoms with van der Waals surface area (Å²) in [4.78, 5) is 7.53. The summed E-state index contributed by atoms with van der Waals surface area (Å²) in [6, 6.07) is 4.02. The number of aliphatic hydroxyl groups excluding tert-OH is 1. The average Bonchev–Trinajstić information content (AvgIpc) is 2.98. The van der Waals surface area contributed by atoms with E-state index in [1.165, 1.54) is 0 Å². The molecule has 0 spiro atoms. The summed E-state index contributed by atoms with van der Waals surface area (Å²) in [6.07, 6.45) is 2.82. The van der Waals surface area contributed by atoms with Crippen molar-refractivity contribution in [1.29, 1.82) is 0 Å². The third kappa shape index (κ3) is 3.41. The molecule has 0 bridgehead atoms. The van der Waals surface area contributed by atoms with Crippen LogP contribution < -0.4 is 0 Å². The van der Waals surface area contributed by atoms with Crippen LogP contribution in [0.3, 0.4) is 0 Å². The number of oxazole rings is 1. The third-order valence-corrected chi connectivity index (χ3v) is 3.52. The van der Waals surface area contributed by atoms with E-state index in [4.69, 9.17) is 9.52 Å². The smallest absolute Gasteiger partial charge is 0.209 e. The lowest BCUT2D eigenvalue weighted by molar-refractivity contribution is 0.179. The maximum Gasteiger partial charge on any atom is 0.209 e. The number of thiophene rings is 1. The summed E-state index contributed by atoms with van der Waals surface area (Å²) in [6.45, 7) is 4.54. The van der Waals surface area contributed by atoms with Crippen molar-refractivity contribution in [2.45, 2.75) is 19.9 Å². The van der Waals surface area contributed by atoms with Crippen LogP contribution in [0.2, 0.25) is 0 Å². The second kappa shape index (κ2) is 6.68. The van der Waals surface area contributed by atoms with E-state index in [-0.39, 0.29) is 6.61 Å². The molecule has 2 heterocycles. The van der Waals surface area contributed by atoms with Crippen molar-refractivity contribution in [2.75, 3.05) is 19.7 Å². The molecule has 0 radical (unpaired) electrons. The Morgan fingerprint density at radius 2 is 2.33 bits per heavy atom. The summed E-state index contributed by atoms with van der Waals surface area (Å²) in [5.41, 5.74) is 0. The minimum absolute atomic E-state index is 0.165. The summed E-state index contributed by atoms with van der Waals surface area (Å²) in [5.74, 6) is 1.53. The molecule has 0 unspecified atom stereocenters. The number of nitrogens with zero attached hydrogens (tertiary/aromatic N) is 2. The van der Waals surface area contributed by atoms with E-state index in [0.29, 0.717) is 19.0 Å². The van der Waals surface area contributed by atoms with Crippen molar-refractivity contribution in [2.24, 2.45) is 0 Å². The lowest BCUT2D eigenvalue weighted by Gasteiger charge is -2.18. The first-order valence-electron chi connectivity index (χ1n) is 6.15. The number of aromatic nitrogens is 1. The van der Waals surface area contributed by atoms with Gasteiger partial charge in [0.05, 0.1) is 24.2 Å². The van der Waals surface area contributed by atoms with Crippen LogP contribution in [0.4, 0.5) is 0 Å². The van der Waals surface area contributed by atoms with Gasteiger partial charge >= 0.3 is 0 Å². The summed E-state index contributed by atoms with van der Waals surface area (Å²) < 4.78 is 5.73. The number of rotatable bonds is 7. The van der Waals surface area contributed by atoms with Crippen molar-refractivity contribution in [3.8, 4) is 10.6 Å². The van der Waals surface area contributed by atoms with Gasteiger partial charge in [-0.25, -0.2) is 4.98 Å². The van der Waals surface area contributed by atoms with Gasteiger partial charge in [0.25, 0.3) is 0 Å². The molecular formula is C13H18N2O2S. The monoisotopic (exact) mass is 266 g/mol. The molecule has 0 saturated carbocycles. The quantitative estimate of drug-likeness (QED) is 0.837. The molecule has 0 aromatic carbocycles. The summed E-state index contributed by atoms with van der Waals surface area (Å²) in [5, 5.41) is 11.0. The van der Waals surface area contributed by atoms with Crippen LogP contribution in [0.15, 0.2) is 28.1 Å². The molecule has 0 saturated heterocycles. The van der Waals surface area contributed by atoms with Crippen LogP contribution in [0.5, 0.6) is 0 Å². The minimum atomic E-state index is 0.165. The Morgan fingerprint density at radius 1 is 1.44 bits per heavy atom. The van der Waals surface area contributed by atoms with Gasteiger partial charge < -0.3 is 9.52 Å². The molecule has 0 aliphatic heterocycles. The number of hydrogen-bond acceptors (Lipinski definition) is 5. The molecule has 2 aromatic rings. The predicted molar refractivity (Wildman–Crippen MR) is 72.5 cm³/mol. The molecule has 0 amide bonds. The first kappa shape index (κ1) is 13.3. The molecule has 18 heavy (non-hydrogen) atoms. The zero-order valence-electron chi connectivity index (χ0n) is 10.5. The van der Waals surface area contributed by atoms with E-state index < -0.39 is 0 Å². The predicted octanol–water partition coefficient (Wildman–Crippen LogP) is 2.61. The van der Waals surface area contributed by atoms with Crippen LogP contribution >= 0.6 is 11.3 Å². The van der Waals surface area contributed by atoms with Gasteiger partial charge in [-0.2, -0.15) is 0 Å². The van der Waals surface area contributed by atoms with Crippen LogP contribution in [-0.4, -0.2) is 34.7 Å². The Hall–Kier alpha value is -1.17. The minimum Gasteiger partial charge on any atom is -0.438 e. The van der Waals surface area contributed by atoms with E-state index in [1.54, 1.807) is 17.5 Å². The fourth-order valence-corrected chi connectivity index (χ4v) is 2.51. The summed E-state index contributed by atoms with van der Waals surface area (Å²) in [7, 11) is 0. The van der Waals surface area contributed by atoms with E-state index in [9.17, 15) is 0 Å². The van der Waals surface area contributed by atoms with Gasteiger partial charge in [0.15, 0.2) is 5.76 Å². The van der Waals surface area contributed by atoms with Crippen molar-refractivity contribution in [3.63, 3.8) is 0 Å². The number of hydrogen-bond donors (Lipinski definition) is 1. The lowest BCUT2D eigenvalue weighted by atomic mass is 10.4. The molecular weight excluding hydrogens is 248 g/mol. The Labute approximate surface area is 111 Å². The largest absolute Gasteiger partial charge is 0.438 e. The zero-order valence-corrected chi connectivity index (χ0v) is 11.3. The lowest BCUT2D eigenvalue weighted by Crippen LogP contribution is -2.27.